The molecule has 0 spiro atoms. The van der Waals surface area contributed by atoms with E-state index < -0.39 is 23.2 Å². The molecule has 1 saturated heterocycles. The van der Waals surface area contributed by atoms with Crippen molar-refractivity contribution >= 4 is 35.0 Å². The Bertz CT molecular complexity index is 784. The molecule has 0 aromatic heterocycles. The molecule has 1 atom stereocenters. The molecule has 1 aliphatic heterocycles. The van der Waals surface area contributed by atoms with Gasteiger partial charge in [-0.3, -0.25) is 14.5 Å². The molecule has 2 amide bonds. The van der Waals surface area contributed by atoms with Crippen molar-refractivity contribution in [3.05, 3.63) is 33.7 Å². The lowest BCUT2D eigenvalue weighted by molar-refractivity contribution is -0.148. The molecule has 0 unspecified atom stereocenters. The summed E-state index contributed by atoms with van der Waals surface area (Å²) in [5.74, 6) is -0.0790. The number of hydrogen-bond donors (Lipinski definition) is 0. The van der Waals surface area contributed by atoms with E-state index in [-0.39, 0.29) is 10.8 Å². The summed E-state index contributed by atoms with van der Waals surface area (Å²) in [4.78, 5) is 37.7. The van der Waals surface area contributed by atoms with Gasteiger partial charge in [0.2, 0.25) is 0 Å². The molecule has 7 heteroatoms. The number of hydrogen-bond acceptors (Lipinski definition) is 6. The van der Waals surface area contributed by atoms with Crippen LogP contribution in [-0.4, -0.2) is 42.3 Å². The third-order valence-electron chi connectivity index (χ3n) is 4.28. The minimum Gasteiger partial charge on any atom is -0.496 e. The number of methoxy groups -OCH3 is 2. The lowest BCUT2D eigenvalue weighted by Crippen LogP contribution is -2.42. The Balaban J connectivity index is 2.42. The van der Waals surface area contributed by atoms with E-state index in [4.69, 9.17) is 4.74 Å². The summed E-state index contributed by atoms with van der Waals surface area (Å²) in [5.41, 5.74) is 2.79. The van der Waals surface area contributed by atoms with Gasteiger partial charge in [0.25, 0.3) is 11.1 Å². The van der Waals surface area contributed by atoms with E-state index in [9.17, 15) is 14.4 Å². The number of carbonyl (C=O) groups is 3. The van der Waals surface area contributed by atoms with Crippen LogP contribution in [0.5, 0.6) is 5.75 Å². The van der Waals surface area contributed by atoms with E-state index in [0.717, 1.165) is 39.1 Å². The highest BCUT2D eigenvalue weighted by Gasteiger charge is 2.41. The number of nitrogens with zero attached hydrogens (tertiary/aromatic N) is 1. The van der Waals surface area contributed by atoms with Gasteiger partial charge in [-0.2, -0.15) is 0 Å². The van der Waals surface area contributed by atoms with Crippen LogP contribution in [0.2, 0.25) is 0 Å². The van der Waals surface area contributed by atoms with Crippen LogP contribution in [0.4, 0.5) is 4.79 Å². The average Bonchev–Trinajstić information content (AvgIpc) is 2.88. The smallest absolute Gasteiger partial charge is 0.328 e. The Morgan fingerprint density at radius 3 is 2.38 bits per heavy atom. The molecule has 0 saturated carbocycles. The monoisotopic (exact) mass is 377 g/mol. The Hall–Kier alpha value is -2.28. The van der Waals surface area contributed by atoms with Crippen LogP contribution >= 0.6 is 11.8 Å². The van der Waals surface area contributed by atoms with E-state index in [1.807, 2.05) is 19.1 Å². The number of amides is 2. The summed E-state index contributed by atoms with van der Waals surface area (Å²) in [6.45, 7) is 7.51. The highest BCUT2D eigenvalue weighted by Crippen LogP contribution is 2.36. The second-order valence-corrected chi connectivity index (χ2v) is 7.35. The van der Waals surface area contributed by atoms with Gasteiger partial charge in [0.15, 0.2) is 0 Å². The highest BCUT2D eigenvalue weighted by atomic mass is 32.2. The van der Waals surface area contributed by atoms with Crippen molar-refractivity contribution in [1.29, 1.82) is 0 Å². The van der Waals surface area contributed by atoms with Crippen LogP contribution in [-0.2, 0) is 14.3 Å². The Kier molecular flexibility index (Phi) is 6.13. The predicted octanol–water partition coefficient (Wildman–Crippen LogP) is 3.72. The normalized spacial score (nSPS) is 17.2. The van der Waals surface area contributed by atoms with Crippen molar-refractivity contribution in [2.75, 3.05) is 14.2 Å². The molecular formula is C19H23NO5S. The van der Waals surface area contributed by atoms with Gasteiger partial charge in [-0.25, -0.2) is 4.79 Å². The summed E-state index contributed by atoms with van der Waals surface area (Å²) in [6, 6.07) is 2.93. The van der Waals surface area contributed by atoms with Gasteiger partial charge < -0.3 is 9.47 Å². The summed E-state index contributed by atoms with van der Waals surface area (Å²) < 4.78 is 10.1. The van der Waals surface area contributed by atoms with Crippen molar-refractivity contribution in [2.45, 2.75) is 39.7 Å². The maximum Gasteiger partial charge on any atom is 0.328 e. The van der Waals surface area contributed by atoms with Crippen LogP contribution in [0.25, 0.3) is 6.08 Å². The summed E-state index contributed by atoms with van der Waals surface area (Å²) in [7, 11) is 2.85. The molecule has 2 rings (SSSR count). The first kappa shape index (κ1) is 20.0. The average molecular weight is 377 g/mol. The van der Waals surface area contributed by atoms with Crippen LogP contribution in [0.1, 0.15) is 43.4 Å². The molecule has 1 fully saturated rings. The molecule has 1 aromatic rings. The molecule has 6 nitrogen and oxygen atoms in total. The van der Waals surface area contributed by atoms with E-state index in [1.54, 1.807) is 13.2 Å². The summed E-state index contributed by atoms with van der Waals surface area (Å²) in [5, 5.41) is -0.477. The number of ether oxygens (including phenoxy) is 2. The third kappa shape index (κ3) is 3.77. The lowest BCUT2D eigenvalue weighted by Gasteiger charge is -2.18. The lowest BCUT2D eigenvalue weighted by atomic mass is 9.96. The standard InChI is InChI=1S/C19H23NO5S/c1-10(2)14-8-13(11(3)7-15(14)24-5)9-16-17(21)20(19(23)26-16)12(4)18(22)25-6/h7-10,12H,1-6H3/b16-9-/t12-/m0/s1. The highest BCUT2D eigenvalue weighted by molar-refractivity contribution is 8.18. The number of thioether (sulfide) groups is 1. The van der Waals surface area contributed by atoms with E-state index in [0.29, 0.717) is 0 Å². The third-order valence-corrected chi connectivity index (χ3v) is 5.16. The van der Waals surface area contributed by atoms with Crippen LogP contribution in [0, 0.1) is 6.92 Å². The SMILES string of the molecule is COC(=O)[C@H](C)N1C(=O)S/C(=C\c2cc(C(C)C)c(OC)cc2C)C1=O. The molecule has 1 aromatic carbocycles. The van der Waals surface area contributed by atoms with Crippen molar-refractivity contribution in [2.24, 2.45) is 0 Å². The first-order chi connectivity index (χ1) is 12.2. The summed E-state index contributed by atoms with van der Waals surface area (Å²) >= 11 is 0.825. The molecule has 26 heavy (non-hydrogen) atoms. The molecule has 1 aliphatic rings. The second kappa shape index (κ2) is 7.95. The van der Waals surface area contributed by atoms with Gasteiger partial charge in [-0.05, 0) is 66.4 Å². The van der Waals surface area contributed by atoms with Gasteiger partial charge in [-0.15, -0.1) is 0 Å². The van der Waals surface area contributed by atoms with Gasteiger partial charge in [0, 0.05) is 0 Å². The van der Waals surface area contributed by atoms with Crippen molar-refractivity contribution in [1.82, 2.24) is 4.90 Å². The fourth-order valence-electron chi connectivity index (χ4n) is 2.73. The molecule has 1 heterocycles. The van der Waals surface area contributed by atoms with Crippen LogP contribution < -0.4 is 4.74 Å². The number of rotatable bonds is 5. The minimum absolute atomic E-state index is 0.243. The van der Waals surface area contributed by atoms with Gasteiger partial charge in [-0.1, -0.05) is 13.8 Å². The van der Waals surface area contributed by atoms with Gasteiger partial charge in [0.05, 0.1) is 19.1 Å². The zero-order valence-electron chi connectivity index (χ0n) is 15.8. The molecule has 140 valence electrons. The van der Waals surface area contributed by atoms with Crippen LogP contribution in [0.3, 0.4) is 0 Å². The first-order valence-electron chi connectivity index (χ1n) is 8.24. The molecule has 0 bridgehead atoms. The predicted molar refractivity (Wildman–Crippen MR) is 101 cm³/mol. The van der Waals surface area contributed by atoms with Crippen molar-refractivity contribution in [3.63, 3.8) is 0 Å². The number of esters is 1. The number of aryl methyl sites for hydroxylation is 1. The number of imide groups is 1. The summed E-state index contributed by atoms with van der Waals surface area (Å²) in [6.07, 6.45) is 1.69. The number of carbonyl (C=O) groups excluding carboxylic acids is 3. The fourth-order valence-corrected chi connectivity index (χ4v) is 3.63. The van der Waals surface area contributed by atoms with E-state index in [2.05, 4.69) is 18.6 Å². The topological polar surface area (TPSA) is 72.9 Å². The van der Waals surface area contributed by atoms with Crippen molar-refractivity contribution in [3.8, 4) is 5.75 Å². The Morgan fingerprint density at radius 1 is 1.19 bits per heavy atom. The zero-order chi connectivity index (χ0) is 19.6. The Labute approximate surface area is 157 Å². The second-order valence-electron chi connectivity index (χ2n) is 6.36. The minimum atomic E-state index is -0.957. The maximum absolute atomic E-state index is 12.6. The van der Waals surface area contributed by atoms with Crippen LogP contribution in [0.15, 0.2) is 17.0 Å². The van der Waals surface area contributed by atoms with Gasteiger partial charge >= 0.3 is 5.97 Å². The van der Waals surface area contributed by atoms with E-state index >= 15 is 0 Å². The zero-order valence-corrected chi connectivity index (χ0v) is 16.6. The number of benzene rings is 1. The Morgan fingerprint density at radius 2 is 1.85 bits per heavy atom. The fraction of sp³-hybridized carbons (Fsp3) is 0.421. The van der Waals surface area contributed by atoms with E-state index in [1.165, 1.54) is 14.0 Å². The molecule has 0 radical (unpaired) electrons. The molecular weight excluding hydrogens is 354 g/mol. The largest absolute Gasteiger partial charge is 0.496 e. The maximum atomic E-state index is 12.6. The van der Waals surface area contributed by atoms with Gasteiger partial charge in [0.1, 0.15) is 11.8 Å². The first-order valence-corrected chi connectivity index (χ1v) is 9.06. The molecule has 0 N–H and O–H groups in total. The van der Waals surface area contributed by atoms with Crippen molar-refractivity contribution < 1.29 is 23.9 Å². The quantitative estimate of drug-likeness (QED) is 0.575. The molecule has 0 aliphatic carbocycles.